The molecule has 1 heterocycles. The van der Waals surface area contributed by atoms with Crippen LogP contribution in [0.1, 0.15) is 30.5 Å². The molecule has 0 unspecified atom stereocenters. The fourth-order valence-electron chi connectivity index (χ4n) is 2.57. The maximum atomic E-state index is 13.9. The first-order valence-corrected chi connectivity index (χ1v) is 6.89. The number of halogens is 3. The van der Waals surface area contributed by atoms with Gasteiger partial charge in [-0.15, -0.1) is 0 Å². The SMILES string of the molecule is Fc1ccc(Cl)c2nc3c(c(Cl)c12)CCCCC3. The van der Waals surface area contributed by atoms with E-state index in [9.17, 15) is 4.39 Å². The van der Waals surface area contributed by atoms with Crippen molar-refractivity contribution in [2.75, 3.05) is 0 Å². The van der Waals surface area contributed by atoms with Gasteiger partial charge in [-0.1, -0.05) is 29.6 Å². The monoisotopic (exact) mass is 283 g/mol. The van der Waals surface area contributed by atoms with Crippen LogP contribution in [0.25, 0.3) is 10.9 Å². The van der Waals surface area contributed by atoms with Crippen LogP contribution in [0.2, 0.25) is 10.0 Å². The molecule has 0 saturated carbocycles. The Morgan fingerprint density at radius 3 is 2.67 bits per heavy atom. The Morgan fingerprint density at radius 2 is 1.83 bits per heavy atom. The van der Waals surface area contributed by atoms with Crippen LogP contribution in [-0.2, 0) is 12.8 Å². The average Bonchev–Trinajstić information content (AvgIpc) is 2.59. The van der Waals surface area contributed by atoms with Crippen LogP contribution in [-0.4, -0.2) is 4.98 Å². The molecule has 0 spiro atoms. The minimum atomic E-state index is -0.348. The fraction of sp³-hybridized carbons (Fsp3) is 0.357. The normalized spacial score (nSPS) is 15.5. The number of hydrogen-bond donors (Lipinski definition) is 0. The molecule has 3 rings (SSSR count). The minimum Gasteiger partial charge on any atom is -0.251 e. The van der Waals surface area contributed by atoms with E-state index >= 15 is 0 Å². The second-order valence-corrected chi connectivity index (χ2v) is 5.45. The number of benzene rings is 1. The Kier molecular flexibility index (Phi) is 3.16. The first-order valence-electron chi connectivity index (χ1n) is 6.13. The molecule has 0 aliphatic heterocycles. The van der Waals surface area contributed by atoms with Crippen molar-refractivity contribution in [3.05, 3.63) is 39.3 Å². The summed E-state index contributed by atoms with van der Waals surface area (Å²) in [5, 5.41) is 1.32. The lowest BCUT2D eigenvalue weighted by molar-refractivity contribution is 0.639. The molecule has 1 aromatic carbocycles. The molecule has 0 N–H and O–H groups in total. The number of nitrogens with zero attached hydrogens (tertiary/aromatic N) is 1. The van der Waals surface area contributed by atoms with Gasteiger partial charge in [-0.05, 0) is 43.4 Å². The summed E-state index contributed by atoms with van der Waals surface area (Å²) >= 11 is 12.5. The van der Waals surface area contributed by atoms with Crippen molar-refractivity contribution >= 4 is 34.1 Å². The molecule has 0 fully saturated rings. The highest BCUT2D eigenvalue weighted by Gasteiger charge is 2.19. The van der Waals surface area contributed by atoms with Gasteiger partial charge in [-0.25, -0.2) is 4.39 Å². The lowest BCUT2D eigenvalue weighted by atomic mass is 10.0. The number of aromatic nitrogens is 1. The van der Waals surface area contributed by atoms with Gasteiger partial charge < -0.3 is 0 Å². The summed E-state index contributed by atoms with van der Waals surface area (Å²) in [4.78, 5) is 4.54. The Morgan fingerprint density at radius 1 is 1.06 bits per heavy atom. The molecule has 0 amide bonds. The Labute approximate surface area is 115 Å². The summed E-state index contributed by atoms with van der Waals surface area (Å²) in [5.41, 5.74) is 2.47. The van der Waals surface area contributed by atoms with Gasteiger partial charge in [0.25, 0.3) is 0 Å². The number of aryl methyl sites for hydroxylation is 1. The van der Waals surface area contributed by atoms with Gasteiger partial charge in [0.05, 0.1) is 20.9 Å². The number of rotatable bonds is 0. The third-order valence-electron chi connectivity index (χ3n) is 3.50. The number of pyridine rings is 1. The summed E-state index contributed by atoms with van der Waals surface area (Å²) < 4.78 is 13.9. The first-order chi connectivity index (χ1) is 8.68. The summed E-state index contributed by atoms with van der Waals surface area (Å²) in [6.45, 7) is 0. The molecule has 2 aromatic rings. The van der Waals surface area contributed by atoms with Gasteiger partial charge >= 0.3 is 0 Å². The standard InChI is InChI=1S/C14H12Cl2FN/c15-9-6-7-10(17)12-13(16)8-4-2-1-3-5-11(8)18-14(9)12/h6-7H,1-5H2. The van der Waals surface area contributed by atoms with Crippen LogP contribution in [0.5, 0.6) is 0 Å². The van der Waals surface area contributed by atoms with Crippen molar-refractivity contribution in [1.29, 1.82) is 0 Å². The van der Waals surface area contributed by atoms with E-state index in [1.807, 2.05) is 0 Å². The molecule has 1 aliphatic rings. The van der Waals surface area contributed by atoms with Crippen molar-refractivity contribution in [3.8, 4) is 0 Å². The predicted octanol–water partition coefficient (Wildman–Crippen LogP) is 4.95. The van der Waals surface area contributed by atoms with E-state index in [0.29, 0.717) is 20.9 Å². The van der Waals surface area contributed by atoms with E-state index < -0.39 is 0 Å². The van der Waals surface area contributed by atoms with Crippen LogP contribution in [0, 0.1) is 5.82 Å². The number of hydrogen-bond acceptors (Lipinski definition) is 1. The lowest BCUT2D eigenvalue weighted by Gasteiger charge is -2.12. The molecule has 0 saturated heterocycles. The van der Waals surface area contributed by atoms with Crippen molar-refractivity contribution in [3.63, 3.8) is 0 Å². The topological polar surface area (TPSA) is 12.9 Å². The largest absolute Gasteiger partial charge is 0.251 e. The molecule has 1 nitrogen and oxygen atoms in total. The van der Waals surface area contributed by atoms with E-state index in [0.717, 1.165) is 36.9 Å². The highest BCUT2D eigenvalue weighted by molar-refractivity contribution is 6.39. The van der Waals surface area contributed by atoms with Crippen molar-refractivity contribution < 1.29 is 4.39 Å². The lowest BCUT2D eigenvalue weighted by Crippen LogP contribution is -1.99. The Bertz CT molecular complexity index is 625. The molecule has 0 radical (unpaired) electrons. The van der Waals surface area contributed by atoms with Crippen molar-refractivity contribution in [2.45, 2.75) is 32.1 Å². The minimum absolute atomic E-state index is 0.348. The zero-order valence-electron chi connectivity index (χ0n) is 9.77. The van der Waals surface area contributed by atoms with Gasteiger partial charge in [-0.2, -0.15) is 0 Å². The van der Waals surface area contributed by atoms with E-state index in [4.69, 9.17) is 23.2 Å². The van der Waals surface area contributed by atoms with Gasteiger partial charge in [-0.3, -0.25) is 4.98 Å². The summed E-state index contributed by atoms with van der Waals surface area (Å²) in [7, 11) is 0. The average molecular weight is 284 g/mol. The second-order valence-electron chi connectivity index (χ2n) is 4.66. The van der Waals surface area contributed by atoms with Crippen LogP contribution >= 0.6 is 23.2 Å². The van der Waals surface area contributed by atoms with E-state index in [-0.39, 0.29) is 5.82 Å². The van der Waals surface area contributed by atoms with Gasteiger partial charge in [0.1, 0.15) is 5.82 Å². The van der Waals surface area contributed by atoms with Crippen LogP contribution in [0.4, 0.5) is 4.39 Å². The van der Waals surface area contributed by atoms with Crippen molar-refractivity contribution in [1.82, 2.24) is 4.98 Å². The quantitative estimate of drug-likeness (QED) is 0.624. The molecular formula is C14H12Cl2FN. The Balaban J connectivity index is 2.38. The molecule has 18 heavy (non-hydrogen) atoms. The van der Waals surface area contributed by atoms with Crippen molar-refractivity contribution in [2.24, 2.45) is 0 Å². The van der Waals surface area contributed by atoms with E-state index in [2.05, 4.69) is 4.98 Å². The van der Waals surface area contributed by atoms with Gasteiger partial charge in [0.2, 0.25) is 0 Å². The van der Waals surface area contributed by atoms with Gasteiger partial charge in [0, 0.05) is 5.69 Å². The van der Waals surface area contributed by atoms with Crippen LogP contribution < -0.4 is 0 Å². The van der Waals surface area contributed by atoms with Crippen LogP contribution in [0.15, 0.2) is 12.1 Å². The highest BCUT2D eigenvalue weighted by atomic mass is 35.5. The molecule has 1 aliphatic carbocycles. The third kappa shape index (κ3) is 1.88. The van der Waals surface area contributed by atoms with E-state index in [1.54, 1.807) is 0 Å². The molecule has 0 bridgehead atoms. The van der Waals surface area contributed by atoms with Crippen LogP contribution in [0.3, 0.4) is 0 Å². The molecule has 4 heteroatoms. The maximum absolute atomic E-state index is 13.9. The fourth-order valence-corrected chi connectivity index (χ4v) is 3.15. The third-order valence-corrected chi connectivity index (χ3v) is 4.22. The molecule has 94 valence electrons. The smallest absolute Gasteiger partial charge is 0.134 e. The second kappa shape index (κ2) is 4.67. The molecule has 1 aromatic heterocycles. The Hall–Kier alpha value is -0.860. The highest BCUT2D eigenvalue weighted by Crippen LogP contribution is 2.36. The van der Waals surface area contributed by atoms with Gasteiger partial charge in [0.15, 0.2) is 0 Å². The predicted molar refractivity (Wildman–Crippen MR) is 73.0 cm³/mol. The maximum Gasteiger partial charge on any atom is 0.134 e. The zero-order chi connectivity index (χ0) is 12.7. The summed E-state index contributed by atoms with van der Waals surface area (Å²) in [6.07, 6.45) is 5.14. The zero-order valence-corrected chi connectivity index (χ0v) is 11.3. The molecule has 0 atom stereocenters. The number of fused-ring (bicyclic) bond motifs is 2. The summed E-state index contributed by atoms with van der Waals surface area (Å²) in [6, 6.07) is 2.88. The summed E-state index contributed by atoms with van der Waals surface area (Å²) in [5.74, 6) is -0.348. The molecular weight excluding hydrogens is 272 g/mol. The first kappa shape index (κ1) is 12.2. The van der Waals surface area contributed by atoms with E-state index in [1.165, 1.54) is 18.6 Å².